The van der Waals surface area contributed by atoms with Gasteiger partial charge in [0.1, 0.15) is 0 Å². The first-order valence-corrected chi connectivity index (χ1v) is 8.64. The molecule has 0 saturated heterocycles. The Morgan fingerprint density at radius 1 is 1.30 bits per heavy atom. The van der Waals surface area contributed by atoms with Gasteiger partial charge in [-0.3, -0.25) is 4.79 Å². The quantitative estimate of drug-likeness (QED) is 0.921. The molecule has 122 valence electrons. The minimum atomic E-state index is 0.0786. The molecule has 2 bridgehead atoms. The normalized spacial score (nSPS) is 26.0. The molecule has 2 aromatic rings. The monoisotopic (exact) mass is 312 g/mol. The Labute approximate surface area is 136 Å². The van der Waals surface area contributed by atoms with Crippen molar-refractivity contribution in [3.63, 3.8) is 0 Å². The van der Waals surface area contributed by atoms with E-state index in [4.69, 9.17) is 4.74 Å². The predicted molar refractivity (Wildman–Crippen MR) is 90.5 cm³/mol. The topological polar surface area (TPSA) is 43.3 Å². The number of methoxy groups -OCH3 is 1. The van der Waals surface area contributed by atoms with Gasteiger partial charge in [0, 0.05) is 36.8 Å². The molecule has 1 amide bonds. The number of nitrogens with zero attached hydrogens (tertiary/aromatic N) is 1. The molecule has 1 heterocycles. The van der Waals surface area contributed by atoms with Gasteiger partial charge >= 0.3 is 0 Å². The molecular formula is C19H24N2O2. The summed E-state index contributed by atoms with van der Waals surface area (Å²) in [4.78, 5) is 12.8. The third-order valence-electron chi connectivity index (χ3n) is 5.62. The molecule has 2 saturated carbocycles. The summed E-state index contributed by atoms with van der Waals surface area (Å²) < 4.78 is 7.30. The van der Waals surface area contributed by atoms with Crippen LogP contribution in [-0.4, -0.2) is 30.2 Å². The zero-order valence-electron chi connectivity index (χ0n) is 13.6. The van der Waals surface area contributed by atoms with Crippen LogP contribution in [0.25, 0.3) is 10.9 Å². The number of carbonyl (C=O) groups is 1. The Hall–Kier alpha value is -1.81. The second-order valence-corrected chi connectivity index (χ2v) is 7.00. The Bertz CT molecular complexity index is 721. The highest BCUT2D eigenvalue weighted by molar-refractivity contribution is 6.07. The minimum Gasteiger partial charge on any atom is -0.383 e. The van der Waals surface area contributed by atoms with E-state index in [-0.39, 0.29) is 5.91 Å². The largest absolute Gasteiger partial charge is 0.383 e. The van der Waals surface area contributed by atoms with Gasteiger partial charge in [-0.25, -0.2) is 0 Å². The summed E-state index contributed by atoms with van der Waals surface area (Å²) in [5.41, 5.74) is 1.89. The van der Waals surface area contributed by atoms with Crippen molar-refractivity contribution in [3.05, 3.63) is 36.0 Å². The third kappa shape index (κ3) is 2.65. The van der Waals surface area contributed by atoms with Crippen molar-refractivity contribution in [1.82, 2.24) is 9.88 Å². The highest BCUT2D eigenvalue weighted by Crippen LogP contribution is 2.44. The van der Waals surface area contributed by atoms with Gasteiger partial charge in [0.15, 0.2) is 0 Å². The fourth-order valence-electron chi connectivity index (χ4n) is 4.47. The summed E-state index contributed by atoms with van der Waals surface area (Å²) in [7, 11) is 1.70. The van der Waals surface area contributed by atoms with Crippen LogP contribution in [0, 0.1) is 11.8 Å². The molecular weight excluding hydrogens is 288 g/mol. The number of aromatic nitrogens is 1. The first-order valence-electron chi connectivity index (χ1n) is 8.64. The molecule has 2 aliphatic carbocycles. The van der Waals surface area contributed by atoms with Gasteiger partial charge in [-0.15, -0.1) is 0 Å². The van der Waals surface area contributed by atoms with Crippen LogP contribution >= 0.6 is 0 Å². The smallest absolute Gasteiger partial charge is 0.253 e. The summed E-state index contributed by atoms with van der Waals surface area (Å²) in [5.74, 6) is 1.62. The van der Waals surface area contributed by atoms with Crippen LogP contribution in [-0.2, 0) is 11.3 Å². The summed E-state index contributed by atoms with van der Waals surface area (Å²) in [6.45, 7) is 1.41. The minimum absolute atomic E-state index is 0.0786. The van der Waals surface area contributed by atoms with Crippen LogP contribution in [0.2, 0.25) is 0 Å². The molecule has 0 radical (unpaired) electrons. The van der Waals surface area contributed by atoms with E-state index in [2.05, 4.69) is 16.0 Å². The van der Waals surface area contributed by atoms with Gasteiger partial charge < -0.3 is 14.6 Å². The average molecular weight is 312 g/mol. The van der Waals surface area contributed by atoms with Gasteiger partial charge in [-0.2, -0.15) is 0 Å². The van der Waals surface area contributed by atoms with Crippen molar-refractivity contribution in [3.8, 4) is 0 Å². The number of hydrogen-bond donors (Lipinski definition) is 1. The molecule has 0 unspecified atom stereocenters. The van der Waals surface area contributed by atoms with Crippen LogP contribution in [0.4, 0.5) is 0 Å². The second kappa shape index (κ2) is 6.00. The zero-order valence-corrected chi connectivity index (χ0v) is 13.6. The van der Waals surface area contributed by atoms with E-state index >= 15 is 0 Å². The molecule has 2 aliphatic rings. The maximum atomic E-state index is 12.8. The van der Waals surface area contributed by atoms with Crippen LogP contribution in [0.1, 0.15) is 36.0 Å². The molecule has 1 aromatic carbocycles. The summed E-state index contributed by atoms with van der Waals surface area (Å²) in [5, 5.41) is 4.34. The molecule has 0 spiro atoms. The van der Waals surface area contributed by atoms with E-state index in [1.807, 2.05) is 24.4 Å². The van der Waals surface area contributed by atoms with Crippen molar-refractivity contribution >= 4 is 16.8 Å². The summed E-state index contributed by atoms with van der Waals surface area (Å²) >= 11 is 0. The number of hydrogen-bond acceptors (Lipinski definition) is 2. The molecule has 1 N–H and O–H groups in total. The van der Waals surface area contributed by atoms with E-state index in [1.54, 1.807) is 7.11 Å². The molecule has 1 aromatic heterocycles. The van der Waals surface area contributed by atoms with E-state index < -0.39 is 0 Å². The molecule has 0 aliphatic heterocycles. The summed E-state index contributed by atoms with van der Waals surface area (Å²) in [6, 6.07) is 8.50. The van der Waals surface area contributed by atoms with Crippen LogP contribution in [0.5, 0.6) is 0 Å². The number of fused-ring (bicyclic) bond motifs is 3. The molecule has 3 atom stereocenters. The SMILES string of the molecule is COCCn1cc(C(=O)N[C@@H]2C[C@H]3CC[C@H]2C3)c2ccccc21. The van der Waals surface area contributed by atoms with Crippen molar-refractivity contribution in [2.45, 2.75) is 38.3 Å². The van der Waals surface area contributed by atoms with Gasteiger partial charge in [0.2, 0.25) is 0 Å². The summed E-state index contributed by atoms with van der Waals surface area (Å²) in [6.07, 6.45) is 7.09. The lowest BCUT2D eigenvalue weighted by atomic mass is 9.95. The lowest BCUT2D eigenvalue weighted by Crippen LogP contribution is -2.38. The van der Waals surface area contributed by atoms with Gasteiger partial charge in [0.05, 0.1) is 12.2 Å². The number of amides is 1. The van der Waals surface area contributed by atoms with E-state index in [0.29, 0.717) is 18.6 Å². The zero-order chi connectivity index (χ0) is 15.8. The Kier molecular flexibility index (Phi) is 3.85. The number of benzene rings is 1. The van der Waals surface area contributed by atoms with E-state index in [1.165, 1.54) is 25.7 Å². The predicted octanol–water partition coefficient (Wildman–Crippen LogP) is 3.21. The fraction of sp³-hybridized carbons (Fsp3) is 0.526. The van der Waals surface area contributed by atoms with Gasteiger partial charge in [0.25, 0.3) is 5.91 Å². The van der Waals surface area contributed by atoms with E-state index in [0.717, 1.165) is 28.9 Å². The van der Waals surface area contributed by atoms with Crippen molar-refractivity contribution in [2.75, 3.05) is 13.7 Å². The van der Waals surface area contributed by atoms with Crippen LogP contribution in [0.3, 0.4) is 0 Å². The number of rotatable bonds is 5. The maximum absolute atomic E-state index is 12.8. The van der Waals surface area contributed by atoms with Crippen molar-refractivity contribution < 1.29 is 9.53 Å². The number of carbonyl (C=O) groups excluding carboxylic acids is 1. The highest BCUT2D eigenvalue weighted by Gasteiger charge is 2.40. The maximum Gasteiger partial charge on any atom is 0.253 e. The van der Waals surface area contributed by atoms with Crippen molar-refractivity contribution in [1.29, 1.82) is 0 Å². The molecule has 23 heavy (non-hydrogen) atoms. The second-order valence-electron chi connectivity index (χ2n) is 7.00. The average Bonchev–Trinajstić information content (AvgIpc) is 3.26. The lowest BCUT2D eigenvalue weighted by Gasteiger charge is -2.22. The Morgan fingerprint density at radius 2 is 2.17 bits per heavy atom. The van der Waals surface area contributed by atoms with E-state index in [9.17, 15) is 4.79 Å². The first kappa shape index (κ1) is 14.8. The number of ether oxygens (including phenoxy) is 1. The third-order valence-corrected chi connectivity index (χ3v) is 5.62. The van der Waals surface area contributed by atoms with Crippen molar-refractivity contribution in [2.24, 2.45) is 11.8 Å². The first-order chi connectivity index (χ1) is 11.3. The Morgan fingerprint density at radius 3 is 2.91 bits per heavy atom. The number of para-hydroxylation sites is 1. The highest BCUT2D eigenvalue weighted by atomic mass is 16.5. The van der Waals surface area contributed by atoms with Crippen LogP contribution in [0.15, 0.2) is 30.5 Å². The van der Waals surface area contributed by atoms with Gasteiger partial charge in [-0.1, -0.05) is 24.6 Å². The van der Waals surface area contributed by atoms with Crippen LogP contribution < -0.4 is 5.32 Å². The lowest BCUT2D eigenvalue weighted by molar-refractivity contribution is 0.0924. The molecule has 4 heteroatoms. The Balaban J connectivity index is 1.59. The number of nitrogens with one attached hydrogen (secondary N) is 1. The standard InChI is InChI=1S/C19H24N2O2/c1-23-9-8-21-12-16(15-4-2-3-5-18(15)21)19(22)20-17-11-13-6-7-14(17)10-13/h2-5,12-14,17H,6-11H2,1H3,(H,20,22)/t13-,14-,17+/m0/s1. The van der Waals surface area contributed by atoms with Gasteiger partial charge in [-0.05, 0) is 37.2 Å². The molecule has 4 rings (SSSR count). The fourth-order valence-corrected chi connectivity index (χ4v) is 4.47. The molecule has 2 fully saturated rings. The molecule has 4 nitrogen and oxygen atoms in total.